The van der Waals surface area contributed by atoms with Crippen molar-refractivity contribution in [3.05, 3.63) is 47.2 Å². The van der Waals surface area contributed by atoms with Crippen LogP contribution in [0.4, 0.5) is 0 Å². The molecule has 1 N–H and O–H groups in total. The Kier molecular flexibility index (Phi) is 4.15. The highest BCUT2D eigenvalue weighted by Gasteiger charge is 2.51. The van der Waals surface area contributed by atoms with E-state index in [9.17, 15) is 4.79 Å². The van der Waals surface area contributed by atoms with Crippen LogP contribution in [0.5, 0.6) is 5.75 Å². The molecule has 4 aliphatic rings. The molecule has 1 heterocycles. The van der Waals surface area contributed by atoms with Crippen molar-refractivity contribution in [3.63, 3.8) is 0 Å². The molecule has 1 aromatic heterocycles. The van der Waals surface area contributed by atoms with Gasteiger partial charge in [0.05, 0.1) is 5.02 Å². The van der Waals surface area contributed by atoms with Crippen molar-refractivity contribution in [1.29, 1.82) is 0 Å². The average molecular weight is 386 g/mol. The molecule has 0 saturated heterocycles. The molecule has 1 aromatic carbocycles. The van der Waals surface area contributed by atoms with E-state index in [2.05, 4.69) is 10.4 Å². The first-order valence-electron chi connectivity index (χ1n) is 9.82. The lowest BCUT2D eigenvalue weighted by molar-refractivity contribution is -0.0169. The number of benzene rings is 1. The summed E-state index contributed by atoms with van der Waals surface area (Å²) in [6.07, 6.45) is 9.12. The lowest BCUT2D eigenvalue weighted by Gasteiger charge is -2.56. The molecule has 4 fully saturated rings. The summed E-state index contributed by atoms with van der Waals surface area (Å²) in [5, 5.41) is 8.21. The minimum absolute atomic E-state index is 0.00940. The van der Waals surface area contributed by atoms with Gasteiger partial charge in [0.2, 0.25) is 0 Å². The van der Waals surface area contributed by atoms with E-state index in [1.165, 1.54) is 19.3 Å². The summed E-state index contributed by atoms with van der Waals surface area (Å²) >= 11 is 6.14. The molecule has 4 saturated carbocycles. The molecule has 5 nitrogen and oxygen atoms in total. The number of amides is 1. The van der Waals surface area contributed by atoms with Crippen LogP contribution >= 0.6 is 11.6 Å². The third kappa shape index (κ3) is 3.22. The SMILES string of the molecule is O=C(NC12CC3CC(CC(C3)C1)C2)c1ccnn1COc1ccccc1Cl. The van der Waals surface area contributed by atoms with E-state index in [0.717, 1.165) is 37.0 Å². The molecule has 4 aliphatic carbocycles. The molecule has 0 unspecified atom stereocenters. The maximum Gasteiger partial charge on any atom is 0.270 e. The zero-order chi connectivity index (χ0) is 18.4. The third-order valence-electron chi connectivity index (χ3n) is 6.55. The number of carbonyl (C=O) groups is 1. The number of halogens is 1. The second-order valence-electron chi connectivity index (χ2n) is 8.57. The lowest BCUT2D eigenvalue weighted by atomic mass is 9.53. The molecular formula is C21H24ClN3O2. The second kappa shape index (κ2) is 6.55. The Morgan fingerprint density at radius 1 is 1.15 bits per heavy atom. The molecule has 2 aromatic rings. The standard InChI is InChI=1S/C21H24ClN3O2/c22-17-3-1-2-4-19(17)27-13-25-18(5-6-23-25)20(26)24-21-10-14-7-15(11-21)9-16(8-14)12-21/h1-6,14-16H,7-13H2,(H,24,26). The van der Waals surface area contributed by atoms with Crippen molar-refractivity contribution in [2.45, 2.75) is 50.8 Å². The highest BCUT2D eigenvalue weighted by atomic mass is 35.5. The molecule has 0 radical (unpaired) electrons. The first-order valence-corrected chi connectivity index (χ1v) is 10.2. The van der Waals surface area contributed by atoms with Gasteiger partial charge in [-0.1, -0.05) is 23.7 Å². The summed E-state index contributed by atoms with van der Waals surface area (Å²) in [4.78, 5) is 13.0. The zero-order valence-corrected chi connectivity index (χ0v) is 16.0. The fraction of sp³-hybridized carbons (Fsp3) is 0.524. The smallest absolute Gasteiger partial charge is 0.270 e. The highest BCUT2D eigenvalue weighted by Crippen LogP contribution is 2.55. The van der Waals surface area contributed by atoms with E-state index in [4.69, 9.17) is 16.3 Å². The van der Waals surface area contributed by atoms with E-state index in [1.54, 1.807) is 29.1 Å². The summed E-state index contributed by atoms with van der Waals surface area (Å²) < 4.78 is 7.35. The van der Waals surface area contributed by atoms with Crippen LogP contribution in [-0.2, 0) is 6.73 Å². The van der Waals surface area contributed by atoms with Gasteiger partial charge >= 0.3 is 0 Å². The van der Waals surface area contributed by atoms with Crippen molar-refractivity contribution in [1.82, 2.24) is 15.1 Å². The number of carbonyl (C=O) groups excluding carboxylic acids is 1. The molecule has 0 spiro atoms. The van der Waals surface area contributed by atoms with Crippen LogP contribution in [0.1, 0.15) is 49.0 Å². The summed E-state index contributed by atoms with van der Waals surface area (Å²) in [5.74, 6) is 2.93. The normalized spacial score (nSPS) is 31.1. The van der Waals surface area contributed by atoms with Gasteiger partial charge < -0.3 is 10.1 Å². The van der Waals surface area contributed by atoms with E-state index in [0.29, 0.717) is 16.5 Å². The summed E-state index contributed by atoms with van der Waals surface area (Å²) in [7, 11) is 0. The Morgan fingerprint density at radius 2 is 1.81 bits per heavy atom. The average Bonchev–Trinajstić information content (AvgIpc) is 3.08. The fourth-order valence-corrected chi connectivity index (χ4v) is 6.08. The molecular weight excluding hydrogens is 362 g/mol. The number of hydrogen-bond acceptors (Lipinski definition) is 3. The maximum atomic E-state index is 13.0. The number of rotatable bonds is 5. The first kappa shape index (κ1) is 17.1. The quantitative estimate of drug-likeness (QED) is 0.836. The van der Waals surface area contributed by atoms with Gasteiger partial charge in [0.15, 0.2) is 6.73 Å². The van der Waals surface area contributed by atoms with E-state index < -0.39 is 0 Å². The van der Waals surface area contributed by atoms with E-state index in [1.807, 2.05) is 12.1 Å². The molecule has 6 rings (SSSR count). The Hall–Kier alpha value is -2.01. The van der Waals surface area contributed by atoms with Crippen molar-refractivity contribution < 1.29 is 9.53 Å². The van der Waals surface area contributed by atoms with Gasteiger partial charge in [0, 0.05) is 11.7 Å². The first-order chi connectivity index (χ1) is 13.1. The molecule has 6 heteroatoms. The second-order valence-corrected chi connectivity index (χ2v) is 8.98. The Balaban J connectivity index is 1.29. The minimum Gasteiger partial charge on any atom is -0.470 e. The Labute approximate surface area is 164 Å². The van der Waals surface area contributed by atoms with Crippen molar-refractivity contribution in [2.24, 2.45) is 17.8 Å². The summed E-state index contributed by atoms with van der Waals surface area (Å²) in [6.45, 7) is 0.153. The molecule has 142 valence electrons. The van der Waals surface area contributed by atoms with Gasteiger partial charge in [0.25, 0.3) is 5.91 Å². The topological polar surface area (TPSA) is 56.2 Å². The number of hydrogen-bond donors (Lipinski definition) is 1. The van der Waals surface area contributed by atoms with Crippen LogP contribution in [0.15, 0.2) is 36.5 Å². The Bertz CT molecular complexity index is 827. The zero-order valence-electron chi connectivity index (χ0n) is 15.2. The maximum absolute atomic E-state index is 13.0. The number of para-hydroxylation sites is 1. The van der Waals surface area contributed by atoms with Gasteiger partial charge in [-0.05, 0) is 74.5 Å². The van der Waals surface area contributed by atoms with Gasteiger partial charge in [0.1, 0.15) is 11.4 Å². The lowest BCUT2D eigenvalue weighted by Crippen LogP contribution is -2.60. The van der Waals surface area contributed by atoms with Crippen molar-refractivity contribution >= 4 is 17.5 Å². The van der Waals surface area contributed by atoms with Crippen molar-refractivity contribution in [3.8, 4) is 5.75 Å². The van der Waals surface area contributed by atoms with Crippen LogP contribution in [0.2, 0.25) is 5.02 Å². The third-order valence-corrected chi connectivity index (χ3v) is 6.86. The van der Waals surface area contributed by atoms with Crippen LogP contribution in [0.25, 0.3) is 0 Å². The monoisotopic (exact) mass is 385 g/mol. The largest absolute Gasteiger partial charge is 0.470 e. The van der Waals surface area contributed by atoms with Gasteiger partial charge in [-0.15, -0.1) is 0 Å². The number of ether oxygens (including phenoxy) is 1. The van der Waals surface area contributed by atoms with Gasteiger partial charge in [-0.3, -0.25) is 4.79 Å². The fourth-order valence-electron chi connectivity index (χ4n) is 5.89. The number of aromatic nitrogens is 2. The van der Waals surface area contributed by atoms with Crippen LogP contribution in [0, 0.1) is 17.8 Å². The highest BCUT2D eigenvalue weighted by molar-refractivity contribution is 6.32. The predicted octanol–water partition coefficient (Wildman–Crippen LogP) is 4.27. The van der Waals surface area contributed by atoms with Gasteiger partial charge in [-0.25, -0.2) is 4.68 Å². The molecule has 4 bridgehead atoms. The predicted molar refractivity (Wildman–Crippen MR) is 103 cm³/mol. The van der Waals surface area contributed by atoms with Crippen LogP contribution in [-0.4, -0.2) is 21.2 Å². The van der Waals surface area contributed by atoms with E-state index >= 15 is 0 Å². The van der Waals surface area contributed by atoms with Crippen LogP contribution in [0.3, 0.4) is 0 Å². The molecule has 0 aliphatic heterocycles. The van der Waals surface area contributed by atoms with Crippen LogP contribution < -0.4 is 10.1 Å². The summed E-state index contributed by atoms with van der Waals surface area (Å²) in [5.41, 5.74) is 0.530. The minimum atomic E-state index is -0.0443. The molecule has 1 amide bonds. The number of nitrogens with one attached hydrogen (secondary N) is 1. The molecule has 0 atom stereocenters. The van der Waals surface area contributed by atoms with Gasteiger partial charge in [-0.2, -0.15) is 5.10 Å². The van der Waals surface area contributed by atoms with E-state index in [-0.39, 0.29) is 18.2 Å². The number of nitrogens with zero attached hydrogens (tertiary/aromatic N) is 2. The summed E-state index contributed by atoms with van der Waals surface area (Å²) in [6, 6.07) is 9.06. The molecule has 27 heavy (non-hydrogen) atoms. The Morgan fingerprint density at radius 3 is 2.48 bits per heavy atom. The van der Waals surface area contributed by atoms with Crippen molar-refractivity contribution in [2.75, 3.05) is 0 Å².